The van der Waals surface area contributed by atoms with Gasteiger partial charge in [0.15, 0.2) is 23.1 Å². The highest BCUT2D eigenvalue weighted by Crippen LogP contribution is 2.45. The minimum absolute atomic E-state index is 0.563. The van der Waals surface area contributed by atoms with E-state index in [0.29, 0.717) is 23.4 Å². The molecule has 7 heteroatoms. The van der Waals surface area contributed by atoms with Gasteiger partial charge in [-0.2, -0.15) is 0 Å². The van der Waals surface area contributed by atoms with Crippen molar-refractivity contribution in [3.63, 3.8) is 0 Å². The number of rotatable bonds is 4. The fraction of sp³-hybridized carbons (Fsp3) is 0. The van der Waals surface area contributed by atoms with Gasteiger partial charge < -0.3 is 8.83 Å². The molecule has 0 aliphatic carbocycles. The van der Waals surface area contributed by atoms with Crippen LogP contribution in [0, 0.1) is 0 Å². The summed E-state index contributed by atoms with van der Waals surface area (Å²) in [4.78, 5) is 20.4. The summed E-state index contributed by atoms with van der Waals surface area (Å²) in [6.45, 7) is 0. The summed E-state index contributed by atoms with van der Waals surface area (Å²) in [5, 5.41) is 6.56. The third-order valence-electron chi connectivity index (χ3n) is 9.54. The van der Waals surface area contributed by atoms with E-state index in [1.54, 1.807) is 11.3 Å². The van der Waals surface area contributed by atoms with Gasteiger partial charge in [0, 0.05) is 48.5 Å². The molecule has 0 amide bonds. The van der Waals surface area contributed by atoms with Crippen LogP contribution < -0.4 is 0 Å². The van der Waals surface area contributed by atoms with Crippen molar-refractivity contribution in [2.45, 2.75) is 0 Å². The fourth-order valence-electron chi connectivity index (χ4n) is 7.09. The van der Waals surface area contributed by atoms with Crippen LogP contribution >= 0.6 is 11.3 Å². The Hall–Kier alpha value is -6.70. The molecule has 0 bridgehead atoms. The summed E-state index contributed by atoms with van der Waals surface area (Å²) in [5.41, 5.74) is 6.68. The van der Waals surface area contributed by atoms with E-state index >= 15 is 0 Å². The molecule has 0 N–H and O–H groups in total. The molecule has 4 aromatic heterocycles. The van der Waals surface area contributed by atoms with Crippen LogP contribution in [0.25, 0.3) is 110 Å². The number of furan rings is 1. The van der Waals surface area contributed by atoms with Gasteiger partial charge in [0.1, 0.15) is 16.7 Å². The second kappa shape index (κ2) is 10.9. The minimum atomic E-state index is 0.563. The zero-order chi connectivity index (χ0) is 33.5. The molecule has 0 aliphatic rings. The molecule has 0 radical (unpaired) electrons. The number of oxazole rings is 1. The van der Waals surface area contributed by atoms with Crippen molar-refractivity contribution in [3.8, 4) is 45.6 Å². The van der Waals surface area contributed by atoms with E-state index in [-0.39, 0.29) is 0 Å². The zero-order valence-corrected chi connectivity index (χ0v) is 27.7. The Balaban J connectivity index is 1.16. The van der Waals surface area contributed by atoms with Gasteiger partial charge in [-0.25, -0.2) is 19.9 Å². The molecule has 4 heterocycles. The van der Waals surface area contributed by atoms with E-state index in [0.717, 1.165) is 80.9 Å². The quantitative estimate of drug-likeness (QED) is 0.185. The SMILES string of the molecule is c1ccc(-c2nc(-c3ccc4c(c3)oc3ccccc34)nc(-c3cc4nc(-c5ccc6ccccc6c5)oc4c4c3sc3ccccc34)n2)cc1. The third kappa shape index (κ3) is 4.49. The number of nitrogens with zero attached hydrogens (tertiary/aromatic N) is 4. The van der Waals surface area contributed by atoms with E-state index in [1.807, 2.05) is 66.7 Å². The van der Waals surface area contributed by atoms with Crippen molar-refractivity contribution >= 4 is 75.3 Å². The molecule has 0 spiro atoms. The van der Waals surface area contributed by atoms with E-state index in [2.05, 4.69) is 78.9 Å². The van der Waals surface area contributed by atoms with Gasteiger partial charge in [0.2, 0.25) is 5.89 Å². The number of para-hydroxylation sites is 1. The number of fused-ring (bicyclic) bond motifs is 9. The number of hydrogen-bond acceptors (Lipinski definition) is 7. The molecule has 0 unspecified atom stereocenters. The summed E-state index contributed by atoms with van der Waals surface area (Å²) in [6.07, 6.45) is 0. The molecular formula is C44H24N4O2S. The Kier molecular flexibility index (Phi) is 6.02. The topological polar surface area (TPSA) is 77.8 Å². The standard InChI is InChI=1S/C44H24N4O2S/c1-2-11-26(12-3-1)41-46-42(28-20-21-31-30-14-6-8-16-35(30)49-36(31)23-28)48-43(47-41)33-24-34-39(38-32-15-7-9-17-37(32)51-40(33)38)50-44(45-34)29-19-18-25-10-4-5-13-27(25)22-29/h1-24H. The molecule has 238 valence electrons. The summed E-state index contributed by atoms with van der Waals surface area (Å²) >= 11 is 1.71. The Morgan fingerprint density at radius 1 is 0.451 bits per heavy atom. The molecule has 0 fully saturated rings. The highest BCUT2D eigenvalue weighted by molar-refractivity contribution is 7.26. The minimum Gasteiger partial charge on any atom is -0.456 e. The maximum absolute atomic E-state index is 6.66. The molecular weight excluding hydrogens is 649 g/mol. The predicted octanol–water partition coefficient (Wildman–Crippen LogP) is 12.1. The highest BCUT2D eigenvalue weighted by atomic mass is 32.1. The van der Waals surface area contributed by atoms with Gasteiger partial charge in [-0.15, -0.1) is 11.3 Å². The summed E-state index contributed by atoms with van der Waals surface area (Å²) in [6, 6.07) is 49.4. The van der Waals surface area contributed by atoms with E-state index in [9.17, 15) is 0 Å². The lowest BCUT2D eigenvalue weighted by atomic mass is 10.1. The molecule has 11 aromatic rings. The smallest absolute Gasteiger partial charge is 0.227 e. The van der Waals surface area contributed by atoms with E-state index < -0.39 is 0 Å². The van der Waals surface area contributed by atoms with Crippen LogP contribution in [0.3, 0.4) is 0 Å². The van der Waals surface area contributed by atoms with Crippen LogP contribution in [0.2, 0.25) is 0 Å². The molecule has 0 atom stereocenters. The number of hydrogen-bond donors (Lipinski definition) is 0. The third-order valence-corrected chi connectivity index (χ3v) is 10.7. The molecule has 0 saturated carbocycles. The van der Waals surface area contributed by atoms with Gasteiger partial charge in [-0.05, 0) is 53.2 Å². The molecule has 0 saturated heterocycles. The average Bonchev–Trinajstić information content (AvgIpc) is 3.90. The molecule has 0 aliphatic heterocycles. The van der Waals surface area contributed by atoms with Gasteiger partial charge in [0.25, 0.3) is 0 Å². The van der Waals surface area contributed by atoms with E-state index in [4.69, 9.17) is 28.8 Å². The normalized spacial score (nSPS) is 11.9. The Morgan fingerprint density at radius 3 is 2.06 bits per heavy atom. The van der Waals surface area contributed by atoms with Gasteiger partial charge in [0.05, 0.1) is 4.70 Å². The summed E-state index contributed by atoms with van der Waals surface area (Å²) in [5.74, 6) is 2.29. The van der Waals surface area contributed by atoms with Crippen LogP contribution in [-0.4, -0.2) is 19.9 Å². The fourth-order valence-corrected chi connectivity index (χ4v) is 8.30. The van der Waals surface area contributed by atoms with E-state index in [1.165, 1.54) is 5.39 Å². The Morgan fingerprint density at radius 2 is 1.16 bits per heavy atom. The number of aromatic nitrogens is 4. The van der Waals surface area contributed by atoms with Crippen LogP contribution in [0.1, 0.15) is 0 Å². The second-order valence-electron chi connectivity index (χ2n) is 12.6. The second-order valence-corrected chi connectivity index (χ2v) is 13.7. The van der Waals surface area contributed by atoms with Crippen molar-refractivity contribution in [2.24, 2.45) is 0 Å². The first-order valence-electron chi connectivity index (χ1n) is 16.7. The van der Waals surface area contributed by atoms with Crippen molar-refractivity contribution in [3.05, 3.63) is 146 Å². The lowest BCUT2D eigenvalue weighted by Gasteiger charge is -2.09. The number of thiophene rings is 1. The van der Waals surface area contributed by atoms with Crippen LogP contribution in [0.15, 0.2) is 154 Å². The molecule has 11 rings (SSSR count). The largest absolute Gasteiger partial charge is 0.456 e. The van der Waals surface area contributed by atoms with Crippen LogP contribution in [-0.2, 0) is 0 Å². The first kappa shape index (κ1) is 28.2. The molecule has 7 aromatic carbocycles. The van der Waals surface area contributed by atoms with Crippen molar-refractivity contribution in [1.29, 1.82) is 0 Å². The first-order valence-corrected chi connectivity index (χ1v) is 17.5. The highest BCUT2D eigenvalue weighted by Gasteiger charge is 2.23. The van der Waals surface area contributed by atoms with Gasteiger partial charge in [-0.3, -0.25) is 0 Å². The Labute approximate surface area is 294 Å². The number of benzene rings is 7. The maximum atomic E-state index is 6.66. The van der Waals surface area contributed by atoms with Gasteiger partial charge >= 0.3 is 0 Å². The lowest BCUT2D eigenvalue weighted by Crippen LogP contribution is -2.00. The van der Waals surface area contributed by atoms with Crippen molar-refractivity contribution in [2.75, 3.05) is 0 Å². The zero-order valence-electron chi connectivity index (χ0n) is 26.9. The summed E-state index contributed by atoms with van der Waals surface area (Å²) < 4.78 is 15.1. The maximum Gasteiger partial charge on any atom is 0.227 e. The predicted molar refractivity (Wildman–Crippen MR) is 207 cm³/mol. The average molecular weight is 673 g/mol. The monoisotopic (exact) mass is 672 g/mol. The summed E-state index contributed by atoms with van der Waals surface area (Å²) in [7, 11) is 0. The van der Waals surface area contributed by atoms with Crippen LogP contribution in [0.4, 0.5) is 0 Å². The van der Waals surface area contributed by atoms with Gasteiger partial charge in [-0.1, -0.05) is 103 Å². The molecule has 6 nitrogen and oxygen atoms in total. The van der Waals surface area contributed by atoms with Crippen molar-refractivity contribution < 1.29 is 8.83 Å². The Bertz CT molecular complexity index is 3160. The molecule has 51 heavy (non-hydrogen) atoms. The van der Waals surface area contributed by atoms with Crippen molar-refractivity contribution in [1.82, 2.24) is 19.9 Å². The van der Waals surface area contributed by atoms with Crippen LogP contribution in [0.5, 0.6) is 0 Å². The first-order chi connectivity index (χ1) is 25.2. The lowest BCUT2D eigenvalue weighted by molar-refractivity contribution is 0.623.